The van der Waals surface area contributed by atoms with Gasteiger partial charge in [-0.2, -0.15) is 0 Å². The van der Waals surface area contributed by atoms with Crippen LogP contribution in [-0.4, -0.2) is 56.7 Å². The smallest absolute Gasteiger partial charge is 0.346 e. The molecule has 1 amide bonds. The topological polar surface area (TPSA) is 138 Å². The zero-order chi connectivity index (χ0) is 20.5. The molecule has 3 N–H and O–H groups in total. The van der Waals surface area contributed by atoms with Gasteiger partial charge in [0.1, 0.15) is 14.0 Å². The van der Waals surface area contributed by atoms with Crippen molar-refractivity contribution in [2.45, 2.75) is 18.1 Å². The van der Waals surface area contributed by atoms with E-state index < -0.39 is 21.9 Å². The molecule has 10 nitrogen and oxygen atoms in total. The van der Waals surface area contributed by atoms with Gasteiger partial charge in [-0.05, 0) is 25.5 Å². The monoisotopic (exact) mass is 446 g/mol. The minimum Gasteiger partial charge on any atom is -0.477 e. The summed E-state index contributed by atoms with van der Waals surface area (Å²) in [6.07, 6.45) is 0. The number of ether oxygens (including phenoxy) is 1. The highest BCUT2D eigenvalue weighted by atomic mass is 32.2. The molecule has 1 aliphatic rings. The number of nitrogens with zero attached hydrogens (tertiary/aromatic N) is 2. The standard InChI is InChI=1S/C15H18N4O6S3/c1-8-7-10(26-11(8)14(21)22)28(23,24)18-17-13(20)12-9(2)16-15(27-12)19-3-5-25-6-4-19/h7,18H,3-6H2,1-2H3,(H,17,20)(H,21,22). The molecule has 0 aliphatic carbocycles. The third kappa shape index (κ3) is 4.33. The maximum Gasteiger partial charge on any atom is 0.346 e. The molecule has 13 heteroatoms. The van der Waals surface area contributed by atoms with Crippen LogP contribution >= 0.6 is 22.7 Å². The number of aromatic carboxylic acids is 1. The Kier molecular flexibility index (Phi) is 6.00. The number of carbonyl (C=O) groups is 2. The van der Waals surface area contributed by atoms with E-state index in [2.05, 4.69) is 10.4 Å². The second-order valence-electron chi connectivity index (χ2n) is 5.95. The Bertz CT molecular complexity index is 1010. The number of morpholine rings is 1. The van der Waals surface area contributed by atoms with Crippen molar-refractivity contribution >= 4 is 49.7 Å². The van der Waals surface area contributed by atoms with E-state index in [9.17, 15) is 18.0 Å². The molecule has 0 spiro atoms. The number of sulfonamides is 1. The first-order chi connectivity index (χ1) is 13.2. The highest BCUT2D eigenvalue weighted by molar-refractivity contribution is 7.91. The number of anilines is 1. The largest absolute Gasteiger partial charge is 0.477 e. The van der Waals surface area contributed by atoms with E-state index in [-0.39, 0.29) is 14.0 Å². The van der Waals surface area contributed by atoms with Crippen LogP contribution in [0.5, 0.6) is 0 Å². The van der Waals surface area contributed by atoms with Crippen LogP contribution in [0.1, 0.15) is 30.6 Å². The molecule has 0 radical (unpaired) electrons. The summed E-state index contributed by atoms with van der Waals surface area (Å²) >= 11 is 1.79. The number of thiophene rings is 1. The number of hydrogen-bond acceptors (Lipinski definition) is 9. The van der Waals surface area contributed by atoms with E-state index in [4.69, 9.17) is 9.84 Å². The third-order valence-electron chi connectivity index (χ3n) is 3.93. The van der Waals surface area contributed by atoms with Gasteiger partial charge >= 0.3 is 5.97 Å². The van der Waals surface area contributed by atoms with Crippen molar-refractivity contribution in [1.29, 1.82) is 0 Å². The van der Waals surface area contributed by atoms with Crippen molar-refractivity contribution in [2.75, 3.05) is 31.2 Å². The first kappa shape index (κ1) is 20.7. The lowest BCUT2D eigenvalue weighted by molar-refractivity contribution is 0.0701. The van der Waals surface area contributed by atoms with E-state index in [0.29, 0.717) is 54.0 Å². The number of amides is 1. The van der Waals surface area contributed by atoms with Gasteiger partial charge in [-0.3, -0.25) is 10.2 Å². The van der Waals surface area contributed by atoms with Crippen LogP contribution in [0.4, 0.5) is 5.13 Å². The summed E-state index contributed by atoms with van der Waals surface area (Å²) in [6, 6.07) is 1.25. The van der Waals surface area contributed by atoms with E-state index >= 15 is 0 Å². The van der Waals surface area contributed by atoms with Gasteiger partial charge in [0.2, 0.25) is 0 Å². The van der Waals surface area contributed by atoms with Crippen LogP contribution in [0.2, 0.25) is 0 Å². The Labute approximate surface area is 169 Å². The van der Waals surface area contributed by atoms with Crippen molar-refractivity contribution in [1.82, 2.24) is 15.2 Å². The van der Waals surface area contributed by atoms with Gasteiger partial charge < -0.3 is 14.7 Å². The Balaban J connectivity index is 1.70. The van der Waals surface area contributed by atoms with E-state index in [1.807, 2.05) is 9.73 Å². The average molecular weight is 447 g/mol. The van der Waals surface area contributed by atoms with Crippen LogP contribution in [0.25, 0.3) is 0 Å². The predicted octanol–water partition coefficient (Wildman–Crippen LogP) is 0.980. The molecule has 0 atom stereocenters. The third-order valence-corrected chi connectivity index (χ3v) is 8.09. The highest BCUT2D eigenvalue weighted by Crippen LogP contribution is 2.27. The Morgan fingerprint density at radius 3 is 2.50 bits per heavy atom. The predicted molar refractivity (Wildman–Crippen MR) is 104 cm³/mol. The van der Waals surface area contributed by atoms with Gasteiger partial charge in [0.25, 0.3) is 15.9 Å². The number of thiazole rings is 1. The number of carboxylic acids is 1. The van der Waals surface area contributed by atoms with E-state index in [0.717, 1.165) is 0 Å². The normalized spacial score (nSPS) is 14.9. The molecule has 2 aromatic heterocycles. The van der Waals surface area contributed by atoms with Gasteiger partial charge in [-0.15, -0.1) is 16.2 Å². The second-order valence-corrected chi connectivity index (χ2v) is 9.89. The molecule has 0 aromatic carbocycles. The van der Waals surface area contributed by atoms with Crippen molar-refractivity contribution < 1.29 is 27.9 Å². The van der Waals surface area contributed by atoms with Gasteiger partial charge in [-0.25, -0.2) is 18.2 Å². The van der Waals surface area contributed by atoms with E-state index in [1.165, 1.54) is 24.3 Å². The van der Waals surface area contributed by atoms with Crippen molar-refractivity contribution in [3.05, 3.63) is 27.1 Å². The van der Waals surface area contributed by atoms with Crippen LogP contribution in [-0.2, 0) is 14.8 Å². The Morgan fingerprint density at radius 2 is 1.89 bits per heavy atom. The molecular weight excluding hydrogens is 428 g/mol. The molecule has 28 heavy (non-hydrogen) atoms. The number of nitrogens with one attached hydrogen (secondary N) is 2. The zero-order valence-corrected chi connectivity index (χ0v) is 17.5. The van der Waals surface area contributed by atoms with Crippen LogP contribution in [0, 0.1) is 13.8 Å². The maximum atomic E-state index is 12.4. The molecule has 0 bridgehead atoms. The summed E-state index contributed by atoms with van der Waals surface area (Å²) in [5.74, 6) is -1.84. The first-order valence-electron chi connectivity index (χ1n) is 8.15. The van der Waals surface area contributed by atoms with Gasteiger partial charge in [0, 0.05) is 13.1 Å². The van der Waals surface area contributed by atoms with Crippen LogP contribution in [0.3, 0.4) is 0 Å². The molecule has 3 rings (SSSR count). The molecular formula is C15H18N4O6S3. The number of carbonyl (C=O) groups excluding carboxylic acids is 1. The summed E-state index contributed by atoms with van der Waals surface area (Å²) in [5, 5.41) is 9.73. The minimum absolute atomic E-state index is 0.0693. The van der Waals surface area contributed by atoms with Crippen molar-refractivity contribution in [3.63, 3.8) is 0 Å². The molecule has 2 aromatic rings. The zero-order valence-electron chi connectivity index (χ0n) is 15.0. The summed E-state index contributed by atoms with van der Waals surface area (Å²) in [7, 11) is -4.09. The maximum absolute atomic E-state index is 12.4. The first-order valence-corrected chi connectivity index (χ1v) is 11.3. The number of hydrogen-bond donors (Lipinski definition) is 3. The number of aromatic nitrogens is 1. The SMILES string of the molecule is Cc1cc(S(=O)(=O)NNC(=O)c2sc(N3CCOCC3)nc2C)sc1C(=O)O. The molecule has 0 unspecified atom stereocenters. The van der Waals surface area contributed by atoms with Crippen molar-refractivity contribution in [2.24, 2.45) is 0 Å². The number of rotatable bonds is 6. The van der Waals surface area contributed by atoms with Gasteiger partial charge in [-0.1, -0.05) is 11.3 Å². The van der Waals surface area contributed by atoms with Crippen LogP contribution < -0.4 is 15.2 Å². The summed E-state index contributed by atoms with van der Waals surface area (Å²) in [6.45, 7) is 5.68. The van der Waals surface area contributed by atoms with Crippen molar-refractivity contribution in [3.8, 4) is 0 Å². The molecule has 1 saturated heterocycles. The highest BCUT2D eigenvalue weighted by Gasteiger charge is 2.24. The molecule has 1 aliphatic heterocycles. The van der Waals surface area contributed by atoms with Crippen LogP contribution in [0.15, 0.2) is 10.3 Å². The van der Waals surface area contributed by atoms with E-state index in [1.54, 1.807) is 6.92 Å². The fourth-order valence-electron chi connectivity index (χ4n) is 2.50. The molecule has 3 heterocycles. The lowest BCUT2D eigenvalue weighted by Crippen LogP contribution is -2.41. The number of carboxylic acid groups (broad SMARTS) is 1. The lowest BCUT2D eigenvalue weighted by atomic mass is 10.3. The second kappa shape index (κ2) is 8.13. The number of aryl methyl sites for hydroxylation is 2. The van der Waals surface area contributed by atoms with Gasteiger partial charge in [0.05, 0.1) is 18.9 Å². The lowest BCUT2D eigenvalue weighted by Gasteiger charge is -2.25. The molecule has 1 fully saturated rings. The molecule has 0 saturated carbocycles. The fourth-order valence-corrected chi connectivity index (χ4v) is 5.73. The summed E-state index contributed by atoms with van der Waals surface area (Å²) in [4.78, 5) is 32.1. The Morgan fingerprint density at radius 1 is 1.21 bits per heavy atom. The Hall–Kier alpha value is -2.06. The summed E-state index contributed by atoms with van der Waals surface area (Å²) in [5.41, 5.74) is 2.98. The fraction of sp³-hybridized carbons (Fsp3) is 0.400. The minimum atomic E-state index is -4.09. The summed E-state index contributed by atoms with van der Waals surface area (Å²) < 4.78 is 29.8. The number of hydrazine groups is 1. The quantitative estimate of drug-likeness (QED) is 0.558. The van der Waals surface area contributed by atoms with Gasteiger partial charge in [0.15, 0.2) is 5.13 Å². The molecule has 152 valence electrons. The average Bonchev–Trinajstić information content (AvgIpc) is 3.24.